The summed E-state index contributed by atoms with van der Waals surface area (Å²) in [5.41, 5.74) is 1.06. The molecule has 1 unspecified atom stereocenters. The molecule has 1 aliphatic carbocycles. The number of nitrogens with zero attached hydrogens (tertiary/aromatic N) is 1. The molecule has 0 aromatic heterocycles. The third kappa shape index (κ3) is 6.88. The van der Waals surface area contributed by atoms with Crippen LogP contribution in [0.1, 0.15) is 37.7 Å². The fraction of sp³-hybridized carbons (Fsp3) is 0.611. The van der Waals surface area contributed by atoms with E-state index in [1.165, 1.54) is 12.8 Å². The minimum atomic E-state index is -2.84. The van der Waals surface area contributed by atoms with Gasteiger partial charge in [0, 0.05) is 17.6 Å². The van der Waals surface area contributed by atoms with Crippen molar-refractivity contribution in [2.45, 2.75) is 44.7 Å². The zero-order valence-electron chi connectivity index (χ0n) is 14.8. The first kappa shape index (κ1) is 21.8. The van der Waals surface area contributed by atoms with Gasteiger partial charge in [0.15, 0.2) is 15.8 Å². The van der Waals surface area contributed by atoms with E-state index in [0.29, 0.717) is 29.9 Å². The molecule has 1 heterocycles. The molecular formula is C18H27ClIN3O2S. The van der Waals surface area contributed by atoms with Crippen molar-refractivity contribution in [1.82, 2.24) is 10.6 Å². The van der Waals surface area contributed by atoms with Crippen molar-refractivity contribution in [3.05, 3.63) is 34.9 Å². The van der Waals surface area contributed by atoms with Crippen LogP contribution in [0, 0.1) is 5.92 Å². The van der Waals surface area contributed by atoms with Crippen molar-refractivity contribution >= 4 is 51.4 Å². The van der Waals surface area contributed by atoms with Crippen LogP contribution in [0.4, 0.5) is 0 Å². The van der Waals surface area contributed by atoms with Gasteiger partial charge in [-0.05, 0) is 42.9 Å². The first-order chi connectivity index (χ1) is 12.0. The lowest BCUT2D eigenvalue weighted by atomic mass is 10.1. The van der Waals surface area contributed by atoms with Gasteiger partial charge < -0.3 is 10.6 Å². The van der Waals surface area contributed by atoms with Crippen molar-refractivity contribution < 1.29 is 8.42 Å². The van der Waals surface area contributed by atoms with Crippen molar-refractivity contribution in [1.29, 1.82) is 0 Å². The number of halogens is 2. The summed E-state index contributed by atoms with van der Waals surface area (Å²) < 4.78 is 23.2. The Bertz CT molecular complexity index is 721. The van der Waals surface area contributed by atoms with Gasteiger partial charge in [0.05, 0.1) is 18.1 Å². The lowest BCUT2D eigenvalue weighted by Crippen LogP contribution is -2.44. The Morgan fingerprint density at radius 2 is 2.00 bits per heavy atom. The van der Waals surface area contributed by atoms with E-state index in [1.807, 2.05) is 24.3 Å². The van der Waals surface area contributed by atoms with E-state index in [1.54, 1.807) is 0 Å². The Labute approximate surface area is 178 Å². The van der Waals surface area contributed by atoms with Crippen LogP contribution in [0.2, 0.25) is 5.02 Å². The molecule has 1 aromatic rings. The maximum Gasteiger partial charge on any atom is 0.191 e. The summed E-state index contributed by atoms with van der Waals surface area (Å²) in [5.74, 6) is 1.54. The normalized spacial score (nSPS) is 22.8. The minimum absolute atomic E-state index is 0. The van der Waals surface area contributed by atoms with Gasteiger partial charge in [0.1, 0.15) is 0 Å². The quantitative estimate of drug-likeness (QED) is 0.361. The Balaban J connectivity index is 0.00000243. The van der Waals surface area contributed by atoms with Gasteiger partial charge in [-0.2, -0.15) is 0 Å². The highest BCUT2D eigenvalue weighted by atomic mass is 127. The molecule has 1 saturated heterocycles. The Kier molecular flexibility index (Phi) is 8.47. The van der Waals surface area contributed by atoms with E-state index in [2.05, 4.69) is 15.6 Å². The molecule has 8 heteroatoms. The summed E-state index contributed by atoms with van der Waals surface area (Å²) in [7, 11) is -2.84. The number of aliphatic imine (C=N–C) groups is 1. The highest BCUT2D eigenvalue weighted by molar-refractivity contribution is 14.0. The van der Waals surface area contributed by atoms with Gasteiger partial charge in [-0.15, -0.1) is 24.0 Å². The molecule has 2 aliphatic rings. The Morgan fingerprint density at radius 1 is 1.23 bits per heavy atom. The van der Waals surface area contributed by atoms with Gasteiger partial charge in [0.2, 0.25) is 0 Å². The molecule has 26 heavy (non-hydrogen) atoms. The number of hydrogen-bond donors (Lipinski definition) is 2. The fourth-order valence-corrected chi connectivity index (χ4v) is 5.57. The average molecular weight is 512 g/mol. The van der Waals surface area contributed by atoms with Crippen LogP contribution in [0.15, 0.2) is 29.3 Å². The molecule has 0 radical (unpaired) electrons. The summed E-state index contributed by atoms with van der Waals surface area (Å²) in [6.45, 7) is 1.19. The predicted molar refractivity (Wildman–Crippen MR) is 118 cm³/mol. The summed E-state index contributed by atoms with van der Waals surface area (Å²) in [6.07, 6.45) is 5.56. The minimum Gasteiger partial charge on any atom is -0.356 e. The SMILES string of the molecule is I.O=S1(=O)CCC(CNC(=NCc2cccc(Cl)c2)NC2CCCC2)C1. The number of benzene rings is 1. The molecule has 0 amide bonds. The first-order valence-corrected chi connectivity index (χ1v) is 11.2. The van der Waals surface area contributed by atoms with Crippen LogP contribution in [0.3, 0.4) is 0 Å². The van der Waals surface area contributed by atoms with E-state index in [0.717, 1.165) is 30.8 Å². The lowest BCUT2D eigenvalue weighted by Gasteiger charge is -2.19. The van der Waals surface area contributed by atoms with Crippen molar-refractivity contribution in [3.63, 3.8) is 0 Å². The van der Waals surface area contributed by atoms with Crippen molar-refractivity contribution in [2.24, 2.45) is 10.9 Å². The van der Waals surface area contributed by atoms with Crippen molar-refractivity contribution in [3.8, 4) is 0 Å². The standard InChI is InChI=1S/C18H26ClN3O2S.HI/c19-16-5-3-4-14(10-16)11-20-18(22-17-6-1-2-7-17)21-12-15-8-9-25(23,24)13-15;/h3-5,10,15,17H,1-2,6-9,11-13H2,(H2,20,21,22);1H. The molecular weight excluding hydrogens is 485 g/mol. The van der Waals surface area contributed by atoms with Crippen molar-refractivity contribution in [2.75, 3.05) is 18.1 Å². The number of sulfone groups is 1. The molecule has 1 aromatic carbocycles. The molecule has 1 aliphatic heterocycles. The lowest BCUT2D eigenvalue weighted by molar-refractivity contribution is 0.553. The highest BCUT2D eigenvalue weighted by Crippen LogP contribution is 2.19. The molecule has 3 rings (SSSR count). The van der Waals surface area contributed by atoms with Gasteiger partial charge in [-0.25, -0.2) is 13.4 Å². The van der Waals surface area contributed by atoms with Gasteiger partial charge in [-0.1, -0.05) is 36.6 Å². The number of guanidine groups is 1. The molecule has 1 atom stereocenters. The van der Waals surface area contributed by atoms with Gasteiger partial charge in [0.25, 0.3) is 0 Å². The second-order valence-electron chi connectivity index (χ2n) is 7.07. The monoisotopic (exact) mass is 511 g/mol. The largest absolute Gasteiger partial charge is 0.356 e. The highest BCUT2D eigenvalue weighted by Gasteiger charge is 2.28. The van der Waals surface area contributed by atoms with Gasteiger partial charge >= 0.3 is 0 Å². The molecule has 146 valence electrons. The number of hydrogen-bond acceptors (Lipinski definition) is 3. The average Bonchev–Trinajstić information content (AvgIpc) is 3.19. The van der Waals surface area contributed by atoms with E-state index >= 15 is 0 Å². The van der Waals surface area contributed by atoms with Crippen LogP contribution in [-0.4, -0.2) is 38.5 Å². The molecule has 0 spiro atoms. The second-order valence-corrected chi connectivity index (χ2v) is 9.74. The predicted octanol–water partition coefficient (Wildman–Crippen LogP) is 3.37. The van der Waals surface area contributed by atoms with Crippen LogP contribution < -0.4 is 10.6 Å². The maximum atomic E-state index is 11.6. The molecule has 5 nitrogen and oxygen atoms in total. The fourth-order valence-electron chi connectivity index (χ4n) is 3.50. The van der Waals surface area contributed by atoms with E-state index in [-0.39, 0.29) is 35.6 Å². The smallest absolute Gasteiger partial charge is 0.191 e. The summed E-state index contributed by atoms with van der Waals surface area (Å²) in [5, 5.41) is 7.56. The summed E-state index contributed by atoms with van der Waals surface area (Å²) in [4.78, 5) is 4.68. The maximum absolute atomic E-state index is 11.6. The van der Waals surface area contributed by atoms with E-state index < -0.39 is 9.84 Å². The van der Waals surface area contributed by atoms with Crippen LogP contribution >= 0.6 is 35.6 Å². The third-order valence-electron chi connectivity index (χ3n) is 4.89. The number of rotatable bonds is 5. The molecule has 1 saturated carbocycles. The van der Waals surface area contributed by atoms with Crippen LogP contribution in [-0.2, 0) is 16.4 Å². The number of nitrogens with one attached hydrogen (secondary N) is 2. The zero-order valence-corrected chi connectivity index (χ0v) is 18.7. The second kappa shape index (κ2) is 10.1. The molecule has 2 fully saturated rings. The molecule has 2 N–H and O–H groups in total. The Morgan fingerprint density at radius 3 is 2.65 bits per heavy atom. The summed E-state index contributed by atoms with van der Waals surface area (Å²) >= 11 is 6.04. The molecule has 0 bridgehead atoms. The van der Waals surface area contributed by atoms with E-state index in [9.17, 15) is 8.42 Å². The first-order valence-electron chi connectivity index (χ1n) is 9.00. The van der Waals surface area contributed by atoms with Gasteiger partial charge in [-0.3, -0.25) is 0 Å². The van der Waals surface area contributed by atoms with Crippen LogP contribution in [0.5, 0.6) is 0 Å². The topological polar surface area (TPSA) is 70.6 Å². The van der Waals surface area contributed by atoms with E-state index in [4.69, 9.17) is 11.6 Å². The Hall–Kier alpha value is -0.540. The third-order valence-corrected chi connectivity index (χ3v) is 6.96. The van der Waals surface area contributed by atoms with Crippen LogP contribution in [0.25, 0.3) is 0 Å². The zero-order chi connectivity index (χ0) is 17.7. The summed E-state index contributed by atoms with van der Waals surface area (Å²) in [6, 6.07) is 8.16.